The molecule has 1 atom stereocenters. The van der Waals surface area contributed by atoms with E-state index >= 15 is 0 Å². The van der Waals surface area contributed by atoms with Gasteiger partial charge in [-0.2, -0.15) is 0 Å². The molecular formula is C23H37N3O4S. The van der Waals surface area contributed by atoms with Gasteiger partial charge >= 0.3 is 0 Å². The van der Waals surface area contributed by atoms with Gasteiger partial charge in [0.25, 0.3) is 5.56 Å². The molecule has 0 amide bonds. The van der Waals surface area contributed by atoms with Crippen molar-refractivity contribution in [3.05, 3.63) is 26.6 Å². The minimum atomic E-state index is -0.588. The van der Waals surface area contributed by atoms with Crippen LogP contribution in [0, 0.1) is 5.92 Å². The molecule has 0 aliphatic heterocycles. The number of ether oxygens (including phenoxy) is 2. The van der Waals surface area contributed by atoms with E-state index in [-0.39, 0.29) is 5.56 Å². The van der Waals surface area contributed by atoms with Crippen molar-refractivity contribution < 1.29 is 14.6 Å². The number of fused-ring (bicyclic) bond motifs is 3. The molecule has 7 nitrogen and oxygen atoms in total. The lowest BCUT2D eigenvalue weighted by Gasteiger charge is -2.24. The average molecular weight is 452 g/mol. The summed E-state index contributed by atoms with van der Waals surface area (Å²) in [7, 11) is 1.69. The summed E-state index contributed by atoms with van der Waals surface area (Å²) in [5, 5.41) is 11.2. The predicted octanol–water partition coefficient (Wildman–Crippen LogP) is 3.13. The number of aryl methyl sites for hydroxylation is 2. The van der Waals surface area contributed by atoms with Crippen LogP contribution in [0.4, 0.5) is 0 Å². The normalized spacial score (nSPS) is 15.5. The topological polar surface area (TPSA) is 87.7 Å². The van der Waals surface area contributed by atoms with Gasteiger partial charge in [-0.05, 0) is 43.6 Å². The zero-order chi connectivity index (χ0) is 22.2. The molecule has 2 N–H and O–H groups in total. The molecule has 3 rings (SSSR count). The monoisotopic (exact) mass is 451 g/mol. The Morgan fingerprint density at radius 3 is 2.81 bits per heavy atom. The standard InChI is InChI=1S/C23H37N3O4S/c1-16(2)14-30-15-17(27)12-26(10-7-11-29-3)13-20-24-22(28)21-18-8-5-4-6-9-19(18)31-23(21)25-20/h16-17,27H,4-15H2,1-3H3,(H,24,25,28)/t17-/m1/s1. The molecule has 31 heavy (non-hydrogen) atoms. The Labute approximate surface area is 188 Å². The van der Waals surface area contributed by atoms with Gasteiger partial charge in [0.15, 0.2) is 0 Å². The molecule has 0 aromatic carbocycles. The van der Waals surface area contributed by atoms with Crippen molar-refractivity contribution in [2.24, 2.45) is 5.92 Å². The van der Waals surface area contributed by atoms with Crippen molar-refractivity contribution >= 4 is 21.6 Å². The summed E-state index contributed by atoms with van der Waals surface area (Å²) < 4.78 is 10.8. The lowest BCUT2D eigenvalue weighted by Crippen LogP contribution is -2.36. The molecule has 0 saturated heterocycles. The summed E-state index contributed by atoms with van der Waals surface area (Å²) >= 11 is 1.68. The number of methoxy groups -OCH3 is 1. The second kappa shape index (κ2) is 12.1. The number of nitrogens with one attached hydrogen (secondary N) is 1. The van der Waals surface area contributed by atoms with Gasteiger partial charge in [0.05, 0.1) is 24.6 Å². The van der Waals surface area contributed by atoms with Crippen LogP contribution in [0.15, 0.2) is 4.79 Å². The number of aromatic nitrogens is 2. The Bertz CT molecular complexity index is 880. The van der Waals surface area contributed by atoms with Crippen LogP contribution in [0.5, 0.6) is 0 Å². The molecule has 8 heteroatoms. The van der Waals surface area contributed by atoms with Crippen LogP contribution >= 0.6 is 11.3 Å². The van der Waals surface area contributed by atoms with Crippen LogP contribution in [0.3, 0.4) is 0 Å². The van der Waals surface area contributed by atoms with Crippen molar-refractivity contribution in [1.29, 1.82) is 0 Å². The summed E-state index contributed by atoms with van der Waals surface area (Å²) in [4.78, 5) is 25.0. The summed E-state index contributed by atoms with van der Waals surface area (Å²) in [5.74, 6) is 1.09. The van der Waals surface area contributed by atoms with E-state index in [2.05, 4.69) is 23.7 Å². The first-order chi connectivity index (χ1) is 15.0. The highest BCUT2D eigenvalue weighted by Gasteiger charge is 2.20. The fraction of sp³-hybridized carbons (Fsp3) is 0.739. The molecule has 1 aliphatic rings. The van der Waals surface area contributed by atoms with Gasteiger partial charge < -0.3 is 19.6 Å². The number of rotatable bonds is 12. The van der Waals surface area contributed by atoms with Crippen LogP contribution in [0.1, 0.15) is 55.8 Å². The van der Waals surface area contributed by atoms with Crippen LogP contribution in [-0.2, 0) is 28.9 Å². The Morgan fingerprint density at radius 1 is 1.23 bits per heavy atom. The van der Waals surface area contributed by atoms with E-state index in [9.17, 15) is 9.90 Å². The van der Waals surface area contributed by atoms with Crippen LogP contribution in [0.2, 0.25) is 0 Å². The second-order valence-electron chi connectivity index (χ2n) is 8.92. The van der Waals surface area contributed by atoms with E-state index in [0.29, 0.717) is 44.7 Å². The zero-order valence-electron chi connectivity index (χ0n) is 19.1. The largest absolute Gasteiger partial charge is 0.389 e. The molecule has 2 aromatic rings. The van der Waals surface area contributed by atoms with Gasteiger partial charge in [0.2, 0.25) is 0 Å². The van der Waals surface area contributed by atoms with E-state index in [1.54, 1.807) is 18.4 Å². The summed E-state index contributed by atoms with van der Waals surface area (Å²) in [6.07, 6.45) is 5.84. The number of hydrogen-bond acceptors (Lipinski definition) is 7. The third kappa shape index (κ3) is 7.08. The molecule has 0 bridgehead atoms. The van der Waals surface area contributed by atoms with Crippen molar-refractivity contribution in [3.63, 3.8) is 0 Å². The van der Waals surface area contributed by atoms with Gasteiger partial charge in [-0.15, -0.1) is 11.3 Å². The molecule has 0 unspecified atom stereocenters. The van der Waals surface area contributed by atoms with Gasteiger partial charge in [-0.25, -0.2) is 4.98 Å². The van der Waals surface area contributed by atoms with Crippen LogP contribution in [-0.4, -0.2) is 66.1 Å². The third-order valence-electron chi connectivity index (χ3n) is 5.55. The molecule has 174 valence electrons. The fourth-order valence-corrected chi connectivity index (χ4v) is 5.41. The highest BCUT2D eigenvalue weighted by molar-refractivity contribution is 7.18. The first kappa shape index (κ1) is 24.3. The van der Waals surface area contributed by atoms with Crippen molar-refractivity contribution in [2.75, 3.05) is 40.0 Å². The maximum Gasteiger partial charge on any atom is 0.259 e. The SMILES string of the molecule is COCCCN(Cc1nc2sc3c(c2c(=O)[nH]1)CCCCC3)C[C@@H](O)COCC(C)C. The van der Waals surface area contributed by atoms with E-state index in [0.717, 1.165) is 42.4 Å². The van der Waals surface area contributed by atoms with Crippen molar-refractivity contribution in [2.45, 2.75) is 65.0 Å². The minimum absolute atomic E-state index is 0.0305. The molecule has 0 spiro atoms. The molecule has 2 aromatic heterocycles. The molecule has 1 aliphatic carbocycles. The Balaban J connectivity index is 1.72. The molecule has 2 heterocycles. The van der Waals surface area contributed by atoms with Crippen molar-refractivity contribution in [3.8, 4) is 0 Å². The maximum absolute atomic E-state index is 12.9. The number of hydrogen-bond donors (Lipinski definition) is 2. The number of thiophene rings is 1. The minimum Gasteiger partial charge on any atom is -0.389 e. The summed E-state index contributed by atoms with van der Waals surface area (Å²) in [6.45, 7) is 7.46. The molecular weight excluding hydrogens is 414 g/mol. The molecule has 0 saturated carbocycles. The first-order valence-electron chi connectivity index (χ1n) is 11.5. The first-order valence-corrected chi connectivity index (χ1v) is 12.3. The van der Waals surface area contributed by atoms with Gasteiger partial charge in [-0.3, -0.25) is 9.69 Å². The Kier molecular flexibility index (Phi) is 9.47. The number of H-pyrrole nitrogens is 1. The highest BCUT2D eigenvalue weighted by Crippen LogP contribution is 2.32. The van der Waals surface area contributed by atoms with E-state index in [4.69, 9.17) is 14.5 Å². The lowest BCUT2D eigenvalue weighted by atomic mass is 10.1. The second-order valence-corrected chi connectivity index (χ2v) is 10.0. The van der Waals surface area contributed by atoms with Gasteiger partial charge in [0.1, 0.15) is 10.7 Å². The Morgan fingerprint density at radius 2 is 2.03 bits per heavy atom. The number of aliphatic hydroxyl groups is 1. The van der Waals surface area contributed by atoms with E-state index in [1.165, 1.54) is 23.3 Å². The number of aromatic amines is 1. The number of aliphatic hydroxyl groups excluding tert-OH is 1. The maximum atomic E-state index is 12.9. The van der Waals surface area contributed by atoms with Crippen LogP contribution < -0.4 is 5.56 Å². The smallest absolute Gasteiger partial charge is 0.259 e. The quantitative estimate of drug-likeness (QED) is 0.381. The predicted molar refractivity (Wildman–Crippen MR) is 125 cm³/mol. The Hall–Kier alpha value is -1.32. The summed E-state index contributed by atoms with van der Waals surface area (Å²) in [6, 6.07) is 0. The lowest BCUT2D eigenvalue weighted by molar-refractivity contribution is 0.00544. The van der Waals surface area contributed by atoms with E-state index < -0.39 is 6.10 Å². The van der Waals surface area contributed by atoms with Gasteiger partial charge in [-0.1, -0.05) is 20.3 Å². The molecule has 0 fully saturated rings. The number of nitrogens with zero attached hydrogens (tertiary/aromatic N) is 2. The van der Waals surface area contributed by atoms with Gasteiger partial charge in [0, 0.05) is 38.3 Å². The third-order valence-corrected chi connectivity index (χ3v) is 6.74. The fourth-order valence-electron chi connectivity index (χ4n) is 4.13. The zero-order valence-corrected chi connectivity index (χ0v) is 19.9. The van der Waals surface area contributed by atoms with E-state index in [1.807, 2.05) is 0 Å². The highest BCUT2D eigenvalue weighted by atomic mass is 32.1. The average Bonchev–Trinajstić information content (AvgIpc) is 2.89. The molecule has 0 radical (unpaired) electrons. The van der Waals surface area contributed by atoms with Crippen LogP contribution in [0.25, 0.3) is 10.2 Å². The van der Waals surface area contributed by atoms with Crippen molar-refractivity contribution in [1.82, 2.24) is 14.9 Å². The summed E-state index contributed by atoms with van der Waals surface area (Å²) in [5.41, 5.74) is 1.18.